The maximum atomic E-state index is 13.1. The van der Waals surface area contributed by atoms with Crippen LogP contribution in [-0.4, -0.2) is 18.6 Å². The fourth-order valence-electron chi connectivity index (χ4n) is 3.34. The van der Waals surface area contributed by atoms with Crippen molar-refractivity contribution < 1.29 is 9.59 Å². The largest absolute Gasteiger partial charge is 0.386 e. The molecule has 0 radical (unpaired) electrons. The molecule has 0 bridgehead atoms. The molecule has 4 heteroatoms. The molecule has 0 amide bonds. The molecule has 0 fully saturated rings. The van der Waals surface area contributed by atoms with Crippen molar-refractivity contribution in [3.05, 3.63) is 88.5 Å². The van der Waals surface area contributed by atoms with E-state index in [9.17, 15) is 9.59 Å². The highest BCUT2D eigenvalue weighted by Crippen LogP contribution is 2.37. The van der Waals surface area contributed by atoms with Gasteiger partial charge >= 0.3 is 0 Å². The van der Waals surface area contributed by atoms with Gasteiger partial charge in [-0.15, -0.1) is 0 Å². The van der Waals surface area contributed by atoms with Crippen LogP contribution in [-0.2, 0) is 0 Å². The Labute approximate surface area is 151 Å². The molecular weight excluding hydrogens is 324 g/mol. The average molecular weight is 342 g/mol. The van der Waals surface area contributed by atoms with Crippen LogP contribution in [0.25, 0.3) is 0 Å². The number of carbonyl (C=O) groups is 2. The van der Waals surface area contributed by atoms with E-state index in [-0.39, 0.29) is 11.6 Å². The van der Waals surface area contributed by atoms with Crippen molar-refractivity contribution in [3.63, 3.8) is 0 Å². The van der Waals surface area contributed by atoms with Gasteiger partial charge in [0.1, 0.15) is 0 Å². The van der Waals surface area contributed by atoms with Gasteiger partial charge in [0.15, 0.2) is 11.6 Å². The Kier molecular flexibility index (Phi) is 3.81. The van der Waals surface area contributed by atoms with E-state index in [2.05, 4.69) is 10.6 Å². The summed E-state index contributed by atoms with van der Waals surface area (Å²) in [5.74, 6) is -0.249. The molecule has 0 unspecified atom stereocenters. The predicted molar refractivity (Wildman–Crippen MR) is 104 cm³/mol. The third-order valence-electron chi connectivity index (χ3n) is 4.67. The smallest absolute Gasteiger partial charge is 0.196 e. The summed E-state index contributed by atoms with van der Waals surface area (Å²) in [6.07, 6.45) is 0. The first-order valence-corrected chi connectivity index (χ1v) is 8.47. The van der Waals surface area contributed by atoms with E-state index in [0.717, 1.165) is 11.4 Å². The molecule has 0 saturated heterocycles. The van der Waals surface area contributed by atoms with Crippen LogP contribution in [0.15, 0.2) is 60.7 Å². The Hall–Kier alpha value is -3.40. The van der Waals surface area contributed by atoms with Crippen molar-refractivity contribution in [3.8, 4) is 0 Å². The average Bonchev–Trinajstić information content (AvgIpc) is 2.67. The number of nitrogens with one attached hydrogen (secondary N) is 2. The molecule has 0 heterocycles. The van der Waals surface area contributed by atoms with Crippen LogP contribution in [0, 0.1) is 6.92 Å². The van der Waals surface area contributed by atoms with Crippen molar-refractivity contribution in [2.24, 2.45) is 0 Å². The molecule has 0 saturated carbocycles. The number of ketones is 2. The van der Waals surface area contributed by atoms with Gasteiger partial charge in [-0.25, -0.2) is 0 Å². The summed E-state index contributed by atoms with van der Waals surface area (Å²) in [5, 5.41) is 6.44. The van der Waals surface area contributed by atoms with E-state index in [1.54, 1.807) is 37.4 Å². The minimum Gasteiger partial charge on any atom is -0.386 e. The third-order valence-corrected chi connectivity index (χ3v) is 4.67. The van der Waals surface area contributed by atoms with Gasteiger partial charge in [-0.2, -0.15) is 0 Å². The first-order chi connectivity index (χ1) is 12.6. The van der Waals surface area contributed by atoms with Crippen LogP contribution in [0.4, 0.5) is 17.1 Å². The second-order valence-corrected chi connectivity index (χ2v) is 6.36. The molecule has 1 aliphatic rings. The Morgan fingerprint density at radius 2 is 1.38 bits per heavy atom. The summed E-state index contributed by atoms with van der Waals surface area (Å²) >= 11 is 0. The normalized spacial score (nSPS) is 12.4. The lowest BCUT2D eigenvalue weighted by Gasteiger charge is -2.22. The zero-order valence-electron chi connectivity index (χ0n) is 14.6. The second-order valence-electron chi connectivity index (χ2n) is 6.36. The Morgan fingerprint density at radius 1 is 0.731 bits per heavy atom. The number of anilines is 3. The quantitative estimate of drug-likeness (QED) is 0.573. The fourth-order valence-corrected chi connectivity index (χ4v) is 3.34. The topological polar surface area (TPSA) is 58.2 Å². The lowest BCUT2D eigenvalue weighted by molar-refractivity contribution is 0.0979. The summed E-state index contributed by atoms with van der Waals surface area (Å²) in [7, 11) is 1.76. The number of rotatable bonds is 3. The number of fused-ring (bicyclic) bond motifs is 2. The monoisotopic (exact) mass is 342 g/mol. The zero-order valence-corrected chi connectivity index (χ0v) is 14.6. The van der Waals surface area contributed by atoms with Gasteiger partial charge in [0, 0.05) is 29.4 Å². The van der Waals surface area contributed by atoms with E-state index in [1.807, 2.05) is 37.3 Å². The molecule has 26 heavy (non-hydrogen) atoms. The van der Waals surface area contributed by atoms with Crippen molar-refractivity contribution in [1.29, 1.82) is 0 Å². The Bertz CT molecular complexity index is 1040. The van der Waals surface area contributed by atoms with Crippen LogP contribution in [0.5, 0.6) is 0 Å². The van der Waals surface area contributed by atoms with Gasteiger partial charge in [0.2, 0.25) is 0 Å². The molecule has 0 aromatic heterocycles. The van der Waals surface area contributed by atoms with Gasteiger partial charge < -0.3 is 10.6 Å². The van der Waals surface area contributed by atoms with Crippen molar-refractivity contribution >= 4 is 28.6 Å². The summed E-state index contributed by atoms with van der Waals surface area (Å²) in [6.45, 7) is 2.03. The SMILES string of the molecule is CNc1c(Nc2ccc(C)cc2)ccc2c1C(=O)c1ccccc1C2=O. The summed E-state index contributed by atoms with van der Waals surface area (Å²) in [5.41, 5.74) is 5.27. The molecular formula is C22H18N2O2. The van der Waals surface area contributed by atoms with Crippen LogP contribution in [0.3, 0.4) is 0 Å². The molecule has 0 atom stereocenters. The first kappa shape index (κ1) is 16.1. The van der Waals surface area contributed by atoms with E-state index >= 15 is 0 Å². The van der Waals surface area contributed by atoms with Gasteiger partial charge in [0.25, 0.3) is 0 Å². The number of hydrogen-bond acceptors (Lipinski definition) is 4. The van der Waals surface area contributed by atoms with Crippen molar-refractivity contribution in [1.82, 2.24) is 0 Å². The van der Waals surface area contributed by atoms with Crippen molar-refractivity contribution in [2.45, 2.75) is 6.92 Å². The van der Waals surface area contributed by atoms with Crippen LogP contribution >= 0.6 is 0 Å². The van der Waals surface area contributed by atoms with E-state index < -0.39 is 0 Å². The lowest BCUT2D eigenvalue weighted by Crippen LogP contribution is -2.22. The highest BCUT2D eigenvalue weighted by molar-refractivity contribution is 6.30. The number of aryl methyl sites for hydroxylation is 1. The van der Waals surface area contributed by atoms with E-state index in [1.165, 1.54) is 5.56 Å². The standard InChI is InChI=1S/C22H18N2O2/c1-13-7-9-14(10-8-13)24-18-12-11-17-19(20(18)23-2)22(26)16-6-4-3-5-15(16)21(17)25/h3-12,23-24H,1-2H3. The molecule has 4 nitrogen and oxygen atoms in total. The summed E-state index contributed by atoms with van der Waals surface area (Å²) < 4.78 is 0. The van der Waals surface area contributed by atoms with Gasteiger partial charge in [-0.3, -0.25) is 9.59 Å². The van der Waals surface area contributed by atoms with E-state index in [4.69, 9.17) is 0 Å². The van der Waals surface area contributed by atoms with E-state index in [0.29, 0.717) is 27.9 Å². The zero-order chi connectivity index (χ0) is 18.3. The molecule has 0 spiro atoms. The summed E-state index contributed by atoms with van der Waals surface area (Å²) in [6, 6.07) is 18.5. The first-order valence-electron chi connectivity index (χ1n) is 8.47. The minimum atomic E-state index is -0.132. The Morgan fingerprint density at radius 3 is 2.04 bits per heavy atom. The molecule has 4 rings (SSSR count). The second kappa shape index (κ2) is 6.15. The molecule has 1 aliphatic carbocycles. The van der Waals surface area contributed by atoms with Gasteiger partial charge in [-0.1, -0.05) is 42.0 Å². The van der Waals surface area contributed by atoms with Crippen LogP contribution in [0.2, 0.25) is 0 Å². The van der Waals surface area contributed by atoms with Crippen molar-refractivity contribution in [2.75, 3.05) is 17.7 Å². The number of hydrogen-bond donors (Lipinski definition) is 2. The third kappa shape index (κ3) is 2.47. The molecule has 0 aliphatic heterocycles. The number of carbonyl (C=O) groups excluding carboxylic acids is 2. The Balaban J connectivity index is 1.84. The van der Waals surface area contributed by atoms with Crippen LogP contribution in [0.1, 0.15) is 37.4 Å². The fraction of sp³-hybridized carbons (Fsp3) is 0.0909. The molecule has 2 N–H and O–H groups in total. The maximum Gasteiger partial charge on any atom is 0.196 e. The summed E-state index contributed by atoms with van der Waals surface area (Å²) in [4.78, 5) is 25.9. The molecule has 3 aromatic carbocycles. The van der Waals surface area contributed by atoms with Gasteiger partial charge in [-0.05, 0) is 31.2 Å². The highest BCUT2D eigenvalue weighted by Gasteiger charge is 2.32. The predicted octanol–water partition coefficient (Wildman–Crippen LogP) is 4.56. The van der Waals surface area contributed by atoms with Gasteiger partial charge in [0.05, 0.1) is 16.9 Å². The number of benzene rings is 3. The lowest BCUT2D eigenvalue weighted by atomic mass is 9.83. The molecule has 3 aromatic rings. The van der Waals surface area contributed by atoms with Crippen LogP contribution < -0.4 is 10.6 Å². The highest BCUT2D eigenvalue weighted by atomic mass is 16.1. The molecule has 128 valence electrons. The maximum absolute atomic E-state index is 13.1. The minimum absolute atomic E-state index is 0.117.